The van der Waals surface area contributed by atoms with Gasteiger partial charge in [0.2, 0.25) is 5.91 Å². The average molecular weight is 374 g/mol. The number of aliphatic hydroxyl groups excluding tert-OH is 1. The number of hydrogen-bond acceptors (Lipinski definition) is 6. The van der Waals surface area contributed by atoms with E-state index >= 15 is 0 Å². The zero-order chi connectivity index (χ0) is 19.7. The third-order valence-electron chi connectivity index (χ3n) is 5.32. The van der Waals surface area contributed by atoms with E-state index in [1.807, 2.05) is 6.92 Å². The Labute approximate surface area is 157 Å². The maximum atomic E-state index is 12.9. The minimum Gasteiger partial charge on any atom is -0.391 e. The second-order valence-electron chi connectivity index (χ2n) is 7.27. The molecule has 2 N–H and O–H groups in total. The van der Waals surface area contributed by atoms with Crippen LogP contribution in [0.3, 0.4) is 0 Å². The van der Waals surface area contributed by atoms with E-state index in [0.29, 0.717) is 53.9 Å². The lowest BCUT2D eigenvalue weighted by molar-refractivity contribution is -0.136. The van der Waals surface area contributed by atoms with Crippen molar-refractivity contribution in [2.24, 2.45) is 5.92 Å². The molecule has 0 aliphatic heterocycles. The van der Waals surface area contributed by atoms with Gasteiger partial charge in [-0.1, -0.05) is 5.16 Å². The molecule has 8 heteroatoms. The van der Waals surface area contributed by atoms with Crippen molar-refractivity contribution >= 4 is 22.9 Å². The number of rotatable bonds is 4. The van der Waals surface area contributed by atoms with Crippen molar-refractivity contribution in [3.8, 4) is 0 Å². The molecule has 0 bridgehead atoms. The van der Waals surface area contributed by atoms with Crippen LogP contribution in [0.5, 0.6) is 0 Å². The van der Waals surface area contributed by atoms with E-state index in [1.165, 1.54) is 0 Å². The monoisotopic (exact) mass is 374 g/mol. The Kier molecular flexibility index (Phi) is 5.46. The Hall–Kier alpha value is -2.48. The fourth-order valence-corrected chi connectivity index (χ4v) is 3.65. The van der Waals surface area contributed by atoms with Crippen molar-refractivity contribution in [2.45, 2.75) is 52.2 Å². The maximum absolute atomic E-state index is 12.9. The molecule has 0 spiro atoms. The number of nitrogens with zero attached hydrogens (tertiary/aromatic N) is 3. The number of hydrogen-bond donors (Lipinski definition) is 2. The quantitative estimate of drug-likeness (QED) is 0.841. The number of pyridine rings is 1. The minimum absolute atomic E-state index is 0.0490. The van der Waals surface area contributed by atoms with Crippen molar-refractivity contribution in [1.82, 2.24) is 20.4 Å². The first-order valence-electron chi connectivity index (χ1n) is 9.29. The van der Waals surface area contributed by atoms with E-state index in [-0.39, 0.29) is 17.7 Å². The van der Waals surface area contributed by atoms with Gasteiger partial charge in [0, 0.05) is 25.2 Å². The highest BCUT2D eigenvalue weighted by Gasteiger charge is 2.35. The number of nitrogens with one attached hydrogen (secondary N) is 1. The van der Waals surface area contributed by atoms with Gasteiger partial charge in [0.25, 0.3) is 11.6 Å². The lowest BCUT2D eigenvalue weighted by Crippen LogP contribution is -2.49. The van der Waals surface area contributed by atoms with Gasteiger partial charge in [-0.2, -0.15) is 0 Å². The Bertz CT molecular complexity index is 863. The summed E-state index contributed by atoms with van der Waals surface area (Å²) in [5, 5.41) is 17.9. The molecular weight excluding hydrogens is 348 g/mol. The molecule has 2 aromatic rings. The molecule has 0 radical (unpaired) electrons. The van der Waals surface area contributed by atoms with Crippen LogP contribution >= 0.6 is 0 Å². The Morgan fingerprint density at radius 1 is 1.37 bits per heavy atom. The highest BCUT2D eigenvalue weighted by Crippen LogP contribution is 2.27. The lowest BCUT2D eigenvalue weighted by atomic mass is 9.83. The molecule has 8 nitrogen and oxygen atoms in total. The number of fused-ring (bicyclic) bond motifs is 1. The molecule has 0 saturated heterocycles. The molecule has 146 valence electrons. The highest BCUT2D eigenvalue weighted by atomic mass is 16.5. The summed E-state index contributed by atoms with van der Waals surface area (Å²) < 4.78 is 5.17. The molecular formula is C19H26N4O4. The van der Waals surface area contributed by atoms with Crippen LogP contribution in [0.25, 0.3) is 11.1 Å². The number of aromatic nitrogens is 2. The number of carbonyl (C=O) groups excluding carboxylic acids is 2. The molecule has 1 aliphatic carbocycles. The smallest absolute Gasteiger partial charge is 0.258 e. The molecule has 27 heavy (non-hydrogen) atoms. The Balaban J connectivity index is 1.73. The fourth-order valence-electron chi connectivity index (χ4n) is 3.65. The summed E-state index contributed by atoms with van der Waals surface area (Å²) in [6, 6.07) is 1.30. The molecule has 2 amide bonds. The molecule has 2 aromatic heterocycles. The van der Waals surface area contributed by atoms with E-state index < -0.39 is 12.1 Å². The summed E-state index contributed by atoms with van der Waals surface area (Å²) in [6.45, 7) is 6.10. The van der Waals surface area contributed by atoms with Crippen molar-refractivity contribution in [3.63, 3.8) is 0 Å². The minimum atomic E-state index is -0.760. The van der Waals surface area contributed by atoms with Crippen LogP contribution in [-0.2, 0) is 4.79 Å². The maximum Gasteiger partial charge on any atom is 0.258 e. The SMILES string of the molecule is CCN(C)C(=O)[C@H]1CC[C@H](NC(=O)c2cc(C)nc3onc(C)c23)[C@@H](O)C1. The van der Waals surface area contributed by atoms with E-state index in [0.717, 1.165) is 0 Å². The Morgan fingerprint density at radius 3 is 2.78 bits per heavy atom. The molecule has 1 aliphatic rings. The summed E-state index contributed by atoms with van der Waals surface area (Å²) >= 11 is 0. The van der Waals surface area contributed by atoms with Gasteiger partial charge >= 0.3 is 0 Å². The van der Waals surface area contributed by atoms with Gasteiger partial charge in [-0.25, -0.2) is 4.98 Å². The predicted octanol–water partition coefficient (Wildman–Crippen LogP) is 1.58. The third kappa shape index (κ3) is 3.80. The number of aryl methyl sites for hydroxylation is 2. The highest BCUT2D eigenvalue weighted by molar-refractivity contribution is 6.06. The van der Waals surface area contributed by atoms with Crippen molar-refractivity contribution in [2.75, 3.05) is 13.6 Å². The summed E-state index contributed by atoms with van der Waals surface area (Å²) in [4.78, 5) is 31.1. The van der Waals surface area contributed by atoms with Gasteiger partial charge in [0.1, 0.15) is 0 Å². The van der Waals surface area contributed by atoms with E-state index in [9.17, 15) is 14.7 Å². The average Bonchev–Trinajstić information content (AvgIpc) is 3.01. The van der Waals surface area contributed by atoms with E-state index in [1.54, 1.807) is 31.9 Å². The first kappa shape index (κ1) is 19.3. The third-order valence-corrected chi connectivity index (χ3v) is 5.32. The Morgan fingerprint density at radius 2 is 2.11 bits per heavy atom. The summed E-state index contributed by atoms with van der Waals surface area (Å²) in [5.41, 5.74) is 2.02. The largest absolute Gasteiger partial charge is 0.391 e. The van der Waals surface area contributed by atoms with Crippen LogP contribution in [0, 0.1) is 19.8 Å². The van der Waals surface area contributed by atoms with Gasteiger partial charge in [-0.15, -0.1) is 0 Å². The molecule has 2 heterocycles. The normalized spacial score (nSPS) is 22.6. The van der Waals surface area contributed by atoms with Gasteiger partial charge in [-0.05, 0) is 46.1 Å². The van der Waals surface area contributed by atoms with Crippen molar-refractivity contribution < 1.29 is 19.2 Å². The van der Waals surface area contributed by atoms with E-state index in [4.69, 9.17) is 4.52 Å². The lowest BCUT2D eigenvalue weighted by Gasteiger charge is -2.34. The second-order valence-corrected chi connectivity index (χ2v) is 7.27. The first-order valence-corrected chi connectivity index (χ1v) is 9.29. The summed E-state index contributed by atoms with van der Waals surface area (Å²) in [5.74, 6) is -0.447. The van der Waals surface area contributed by atoms with Gasteiger partial charge in [-0.3, -0.25) is 9.59 Å². The van der Waals surface area contributed by atoms with Crippen molar-refractivity contribution in [3.05, 3.63) is 23.0 Å². The van der Waals surface area contributed by atoms with Crippen LogP contribution in [0.1, 0.15) is 47.9 Å². The molecule has 1 saturated carbocycles. The van der Waals surface area contributed by atoms with Crippen LogP contribution in [0.4, 0.5) is 0 Å². The topological polar surface area (TPSA) is 109 Å². The van der Waals surface area contributed by atoms with Crippen molar-refractivity contribution in [1.29, 1.82) is 0 Å². The zero-order valence-electron chi connectivity index (χ0n) is 16.2. The second kappa shape index (κ2) is 7.64. The number of carbonyl (C=O) groups is 2. The molecule has 1 fully saturated rings. The fraction of sp³-hybridized carbons (Fsp3) is 0.579. The summed E-state index contributed by atoms with van der Waals surface area (Å²) in [7, 11) is 1.76. The van der Waals surface area contributed by atoms with Crippen LogP contribution in [-0.4, -0.2) is 57.7 Å². The molecule has 3 atom stereocenters. The van der Waals surface area contributed by atoms with Gasteiger partial charge in [0.05, 0.1) is 28.8 Å². The predicted molar refractivity (Wildman–Crippen MR) is 99.2 cm³/mol. The first-order chi connectivity index (χ1) is 12.8. The zero-order valence-corrected chi connectivity index (χ0v) is 16.2. The molecule has 3 rings (SSSR count). The van der Waals surface area contributed by atoms with Gasteiger partial charge < -0.3 is 19.8 Å². The van der Waals surface area contributed by atoms with Crippen LogP contribution in [0.2, 0.25) is 0 Å². The standard InChI is InChI=1S/C19H26N4O4/c1-5-23(4)19(26)12-6-7-14(15(24)9-12)21-17(25)13-8-10(2)20-18-16(13)11(3)22-27-18/h8,12,14-15,24H,5-7,9H2,1-4H3,(H,21,25)/t12-,14-,15-/m0/s1. The van der Waals surface area contributed by atoms with Crippen LogP contribution in [0.15, 0.2) is 10.6 Å². The molecule has 0 aromatic carbocycles. The van der Waals surface area contributed by atoms with Crippen LogP contribution < -0.4 is 5.32 Å². The molecule has 0 unspecified atom stereocenters. The number of amides is 2. The number of aliphatic hydroxyl groups is 1. The summed E-state index contributed by atoms with van der Waals surface area (Å²) in [6.07, 6.45) is 0.786. The van der Waals surface area contributed by atoms with Gasteiger partial charge in [0.15, 0.2) is 0 Å². The van der Waals surface area contributed by atoms with E-state index in [2.05, 4.69) is 15.5 Å².